The van der Waals surface area contributed by atoms with Crippen molar-refractivity contribution in [3.63, 3.8) is 0 Å². The Morgan fingerprint density at radius 3 is 2.29 bits per heavy atom. The molecule has 21 heavy (non-hydrogen) atoms. The highest BCUT2D eigenvalue weighted by molar-refractivity contribution is 5.64. The Bertz CT molecular complexity index is 675. The van der Waals surface area contributed by atoms with E-state index in [2.05, 4.69) is 52.8 Å². The van der Waals surface area contributed by atoms with E-state index in [-0.39, 0.29) is 0 Å². The number of aryl methyl sites for hydroxylation is 3. The van der Waals surface area contributed by atoms with E-state index in [1.807, 2.05) is 0 Å². The zero-order chi connectivity index (χ0) is 15.0. The van der Waals surface area contributed by atoms with Gasteiger partial charge in [-0.15, -0.1) is 0 Å². The van der Waals surface area contributed by atoms with Crippen LogP contribution in [0.1, 0.15) is 29.5 Å². The summed E-state index contributed by atoms with van der Waals surface area (Å²) in [4.78, 5) is 15.4. The lowest BCUT2D eigenvalue weighted by Gasteiger charge is -2.16. The van der Waals surface area contributed by atoms with Gasteiger partial charge < -0.3 is 10.6 Å². The Morgan fingerprint density at radius 1 is 0.905 bits per heavy atom. The van der Waals surface area contributed by atoms with Gasteiger partial charge in [-0.05, 0) is 56.4 Å². The van der Waals surface area contributed by atoms with Crippen molar-refractivity contribution in [2.24, 2.45) is 0 Å². The van der Waals surface area contributed by atoms with Gasteiger partial charge in [0, 0.05) is 18.7 Å². The maximum atomic E-state index is 5.89. The highest BCUT2D eigenvalue weighted by Crippen LogP contribution is 2.26. The monoisotopic (exact) mass is 283 g/mol. The molecule has 2 heterocycles. The van der Waals surface area contributed by atoms with Crippen LogP contribution in [0.5, 0.6) is 0 Å². The molecule has 2 N–H and O–H groups in total. The van der Waals surface area contributed by atoms with E-state index < -0.39 is 0 Å². The third-order valence-electron chi connectivity index (χ3n) is 4.11. The van der Waals surface area contributed by atoms with E-state index in [4.69, 9.17) is 5.73 Å². The standard InChI is InChI=1S/C16H21N5/c1-10-8-12(3)13(9-11(10)2)14-18-15(17)20-16(19-14)21-6-4-5-7-21/h8-9H,4-7H2,1-3H3,(H2,17,18,19,20). The van der Waals surface area contributed by atoms with Crippen LogP contribution in [0.2, 0.25) is 0 Å². The predicted octanol–water partition coefficient (Wildman–Crippen LogP) is 2.65. The van der Waals surface area contributed by atoms with Crippen molar-refractivity contribution in [1.29, 1.82) is 0 Å². The van der Waals surface area contributed by atoms with Gasteiger partial charge >= 0.3 is 0 Å². The molecule has 110 valence electrons. The van der Waals surface area contributed by atoms with Gasteiger partial charge in [-0.1, -0.05) is 6.07 Å². The van der Waals surface area contributed by atoms with Crippen LogP contribution in [-0.2, 0) is 0 Å². The minimum absolute atomic E-state index is 0.291. The lowest BCUT2D eigenvalue weighted by atomic mass is 10.0. The summed E-state index contributed by atoms with van der Waals surface area (Å²) in [5.41, 5.74) is 10.6. The van der Waals surface area contributed by atoms with Crippen molar-refractivity contribution in [1.82, 2.24) is 15.0 Å². The van der Waals surface area contributed by atoms with Gasteiger partial charge in [0.1, 0.15) is 0 Å². The molecule has 5 nitrogen and oxygen atoms in total. The second-order valence-corrected chi connectivity index (χ2v) is 5.76. The van der Waals surface area contributed by atoms with Gasteiger partial charge in [0.25, 0.3) is 0 Å². The summed E-state index contributed by atoms with van der Waals surface area (Å²) >= 11 is 0. The maximum absolute atomic E-state index is 5.89. The van der Waals surface area contributed by atoms with Gasteiger partial charge in [0.2, 0.25) is 11.9 Å². The zero-order valence-corrected chi connectivity index (χ0v) is 12.8. The van der Waals surface area contributed by atoms with Crippen LogP contribution in [0.3, 0.4) is 0 Å². The molecular formula is C16H21N5. The fourth-order valence-electron chi connectivity index (χ4n) is 2.76. The Balaban J connectivity index is 2.08. The Labute approximate surface area is 125 Å². The molecule has 1 aliphatic heterocycles. The average Bonchev–Trinajstić information content (AvgIpc) is 2.96. The minimum atomic E-state index is 0.291. The Hall–Kier alpha value is -2.17. The van der Waals surface area contributed by atoms with Crippen molar-refractivity contribution >= 4 is 11.9 Å². The minimum Gasteiger partial charge on any atom is -0.368 e. The van der Waals surface area contributed by atoms with Crippen molar-refractivity contribution in [2.45, 2.75) is 33.6 Å². The van der Waals surface area contributed by atoms with Crippen molar-refractivity contribution in [3.8, 4) is 11.4 Å². The number of anilines is 2. The van der Waals surface area contributed by atoms with E-state index in [0.717, 1.165) is 24.2 Å². The smallest absolute Gasteiger partial charge is 0.230 e. The molecule has 0 spiro atoms. The maximum Gasteiger partial charge on any atom is 0.230 e. The van der Waals surface area contributed by atoms with Crippen molar-refractivity contribution < 1.29 is 0 Å². The first kappa shape index (κ1) is 13.8. The number of nitrogen functional groups attached to an aromatic ring is 1. The summed E-state index contributed by atoms with van der Waals surface area (Å²) in [5, 5.41) is 0. The second-order valence-electron chi connectivity index (χ2n) is 5.76. The largest absolute Gasteiger partial charge is 0.368 e. The van der Waals surface area contributed by atoms with Crippen LogP contribution in [0.25, 0.3) is 11.4 Å². The van der Waals surface area contributed by atoms with Crippen LogP contribution in [0.4, 0.5) is 11.9 Å². The molecule has 0 bridgehead atoms. The van der Waals surface area contributed by atoms with E-state index in [0.29, 0.717) is 17.7 Å². The predicted molar refractivity (Wildman–Crippen MR) is 85.3 cm³/mol. The first-order valence-corrected chi connectivity index (χ1v) is 7.39. The quantitative estimate of drug-likeness (QED) is 0.917. The third kappa shape index (κ3) is 2.68. The first-order chi connectivity index (χ1) is 10.0. The molecule has 0 saturated carbocycles. The molecule has 1 fully saturated rings. The molecule has 1 aromatic heterocycles. The van der Waals surface area contributed by atoms with Crippen LogP contribution < -0.4 is 10.6 Å². The number of rotatable bonds is 2. The van der Waals surface area contributed by atoms with Gasteiger partial charge in [-0.2, -0.15) is 15.0 Å². The third-order valence-corrected chi connectivity index (χ3v) is 4.11. The highest BCUT2D eigenvalue weighted by Gasteiger charge is 2.18. The van der Waals surface area contributed by atoms with Crippen molar-refractivity contribution in [2.75, 3.05) is 23.7 Å². The molecule has 2 aromatic rings. The Morgan fingerprint density at radius 2 is 1.57 bits per heavy atom. The summed E-state index contributed by atoms with van der Waals surface area (Å²) in [6.07, 6.45) is 2.37. The van der Waals surface area contributed by atoms with Gasteiger partial charge in [-0.3, -0.25) is 0 Å². The number of benzene rings is 1. The normalized spacial score (nSPS) is 14.7. The highest BCUT2D eigenvalue weighted by atomic mass is 15.3. The molecule has 0 atom stereocenters. The summed E-state index contributed by atoms with van der Waals surface area (Å²) in [5.74, 6) is 1.66. The van der Waals surface area contributed by atoms with Gasteiger partial charge in [0.15, 0.2) is 5.82 Å². The summed E-state index contributed by atoms with van der Waals surface area (Å²) in [6.45, 7) is 8.29. The molecule has 0 aliphatic carbocycles. The summed E-state index contributed by atoms with van der Waals surface area (Å²) < 4.78 is 0. The fraction of sp³-hybridized carbons (Fsp3) is 0.438. The van der Waals surface area contributed by atoms with E-state index in [1.165, 1.54) is 24.0 Å². The number of nitrogens with zero attached hydrogens (tertiary/aromatic N) is 4. The van der Waals surface area contributed by atoms with Crippen LogP contribution in [0.15, 0.2) is 12.1 Å². The van der Waals surface area contributed by atoms with Crippen LogP contribution >= 0.6 is 0 Å². The molecular weight excluding hydrogens is 262 g/mol. The number of aromatic nitrogens is 3. The van der Waals surface area contributed by atoms with E-state index in [9.17, 15) is 0 Å². The summed E-state index contributed by atoms with van der Waals surface area (Å²) in [7, 11) is 0. The molecule has 5 heteroatoms. The molecule has 3 rings (SSSR count). The van der Waals surface area contributed by atoms with Crippen LogP contribution in [-0.4, -0.2) is 28.0 Å². The number of hydrogen-bond acceptors (Lipinski definition) is 5. The second kappa shape index (κ2) is 5.31. The molecule has 0 radical (unpaired) electrons. The van der Waals surface area contributed by atoms with Crippen molar-refractivity contribution in [3.05, 3.63) is 28.8 Å². The van der Waals surface area contributed by atoms with Crippen LogP contribution in [0, 0.1) is 20.8 Å². The molecule has 0 amide bonds. The number of hydrogen-bond donors (Lipinski definition) is 1. The van der Waals surface area contributed by atoms with E-state index >= 15 is 0 Å². The molecule has 1 aliphatic rings. The topological polar surface area (TPSA) is 67.9 Å². The lowest BCUT2D eigenvalue weighted by molar-refractivity contribution is 0.887. The lowest BCUT2D eigenvalue weighted by Crippen LogP contribution is -2.21. The zero-order valence-electron chi connectivity index (χ0n) is 12.8. The Kier molecular flexibility index (Phi) is 3.49. The SMILES string of the molecule is Cc1cc(C)c(-c2nc(N)nc(N3CCCC3)n2)cc1C. The fourth-order valence-corrected chi connectivity index (χ4v) is 2.76. The molecule has 1 saturated heterocycles. The summed E-state index contributed by atoms with van der Waals surface area (Å²) in [6, 6.07) is 4.30. The van der Waals surface area contributed by atoms with Gasteiger partial charge in [0.05, 0.1) is 0 Å². The first-order valence-electron chi connectivity index (χ1n) is 7.39. The van der Waals surface area contributed by atoms with E-state index in [1.54, 1.807) is 0 Å². The number of nitrogens with two attached hydrogens (primary N) is 1. The molecule has 0 unspecified atom stereocenters. The average molecular weight is 283 g/mol. The molecule has 1 aromatic carbocycles. The van der Waals surface area contributed by atoms with Gasteiger partial charge in [-0.25, -0.2) is 0 Å².